The molecular weight excluding hydrogens is 200 g/mol. The van der Waals surface area contributed by atoms with Gasteiger partial charge in [-0.3, -0.25) is 9.78 Å². The number of rotatable bonds is 2. The second-order valence-corrected chi connectivity index (χ2v) is 4.80. The average molecular weight is 218 g/mol. The van der Waals surface area contributed by atoms with Gasteiger partial charge in [0.05, 0.1) is 5.56 Å². The van der Waals surface area contributed by atoms with Gasteiger partial charge in [-0.25, -0.2) is 0 Å². The van der Waals surface area contributed by atoms with Crippen molar-refractivity contribution in [3.63, 3.8) is 0 Å². The second kappa shape index (κ2) is 4.64. The molecule has 0 aromatic carbocycles. The Balaban J connectivity index is 2.16. The molecule has 2 atom stereocenters. The van der Waals surface area contributed by atoms with Crippen molar-refractivity contribution in [1.82, 2.24) is 4.98 Å². The maximum Gasteiger partial charge on any atom is 0.169 e. The number of hydrogen-bond acceptors (Lipinski definition) is 3. The maximum atomic E-state index is 12.2. The Hall–Kier alpha value is -1.38. The molecule has 2 N–H and O–H groups in total. The molecule has 1 aromatic heterocycles. The molecule has 2 unspecified atom stereocenters. The monoisotopic (exact) mass is 218 g/mol. The third-order valence-corrected chi connectivity index (χ3v) is 3.43. The lowest BCUT2D eigenvalue weighted by molar-refractivity contribution is 0.0869. The summed E-state index contributed by atoms with van der Waals surface area (Å²) in [5, 5.41) is 0. The number of hydrogen-bond donors (Lipinski definition) is 1. The third-order valence-electron chi connectivity index (χ3n) is 3.43. The summed E-state index contributed by atoms with van der Waals surface area (Å²) in [5.41, 5.74) is 6.95. The van der Waals surface area contributed by atoms with Crippen LogP contribution in [0.4, 0.5) is 5.69 Å². The van der Waals surface area contributed by atoms with Crippen molar-refractivity contribution in [2.75, 3.05) is 5.73 Å². The van der Waals surface area contributed by atoms with E-state index in [2.05, 4.69) is 11.9 Å². The van der Waals surface area contributed by atoms with Crippen LogP contribution in [0.3, 0.4) is 0 Å². The first-order valence-electron chi connectivity index (χ1n) is 5.92. The highest BCUT2D eigenvalue weighted by molar-refractivity contribution is 6.01. The number of nitrogen functional groups attached to an aromatic ring is 1. The molecule has 1 saturated carbocycles. The molecule has 86 valence electrons. The van der Waals surface area contributed by atoms with Crippen LogP contribution < -0.4 is 5.73 Å². The predicted octanol–water partition coefficient (Wildman–Crippen LogP) is 2.67. The van der Waals surface area contributed by atoms with Gasteiger partial charge in [-0.1, -0.05) is 19.8 Å². The van der Waals surface area contributed by atoms with E-state index < -0.39 is 0 Å². The molecule has 3 nitrogen and oxygen atoms in total. The standard InChI is InChI=1S/C13H18N2O/c1-9-3-2-4-10(7-9)13(16)11-8-15-6-5-12(11)14/h5-6,8-10H,2-4,7H2,1H3,(H2,14,15). The molecule has 16 heavy (non-hydrogen) atoms. The lowest BCUT2D eigenvalue weighted by Gasteiger charge is -2.25. The van der Waals surface area contributed by atoms with E-state index in [1.54, 1.807) is 18.5 Å². The van der Waals surface area contributed by atoms with E-state index in [0.717, 1.165) is 19.3 Å². The summed E-state index contributed by atoms with van der Waals surface area (Å²) in [6.45, 7) is 2.21. The fourth-order valence-electron chi connectivity index (χ4n) is 2.50. The van der Waals surface area contributed by atoms with Gasteiger partial charge in [-0.2, -0.15) is 0 Å². The molecule has 1 aliphatic rings. The molecule has 0 aliphatic heterocycles. The summed E-state index contributed by atoms with van der Waals surface area (Å²) >= 11 is 0. The molecule has 0 bridgehead atoms. The highest BCUT2D eigenvalue weighted by Crippen LogP contribution is 2.31. The van der Waals surface area contributed by atoms with Crippen molar-refractivity contribution < 1.29 is 4.79 Å². The summed E-state index contributed by atoms with van der Waals surface area (Å²) in [6.07, 6.45) is 7.60. The molecular formula is C13H18N2O. The molecule has 0 saturated heterocycles. The average Bonchev–Trinajstić information content (AvgIpc) is 2.29. The zero-order valence-corrected chi connectivity index (χ0v) is 9.65. The van der Waals surface area contributed by atoms with Gasteiger partial charge in [-0.05, 0) is 24.8 Å². The fraction of sp³-hybridized carbons (Fsp3) is 0.538. The van der Waals surface area contributed by atoms with Gasteiger partial charge >= 0.3 is 0 Å². The van der Waals surface area contributed by atoms with E-state index in [9.17, 15) is 4.79 Å². The van der Waals surface area contributed by atoms with Gasteiger partial charge in [0.25, 0.3) is 0 Å². The molecule has 1 aliphatic carbocycles. The van der Waals surface area contributed by atoms with Crippen molar-refractivity contribution in [3.05, 3.63) is 24.0 Å². The van der Waals surface area contributed by atoms with Gasteiger partial charge in [0.2, 0.25) is 0 Å². The van der Waals surface area contributed by atoms with Crippen LogP contribution in [0.25, 0.3) is 0 Å². The molecule has 1 heterocycles. The van der Waals surface area contributed by atoms with Gasteiger partial charge in [0.15, 0.2) is 5.78 Å². The van der Waals surface area contributed by atoms with E-state index in [1.807, 2.05) is 0 Å². The predicted molar refractivity (Wildman–Crippen MR) is 64.1 cm³/mol. The number of ketones is 1. The topological polar surface area (TPSA) is 56.0 Å². The van der Waals surface area contributed by atoms with Crippen LogP contribution in [0, 0.1) is 11.8 Å². The Morgan fingerprint density at radius 2 is 2.31 bits per heavy atom. The number of aromatic nitrogens is 1. The number of carbonyl (C=O) groups excluding carboxylic acids is 1. The lowest BCUT2D eigenvalue weighted by atomic mass is 9.79. The number of carbonyl (C=O) groups is 1. The molecule has 1 aromatic rings. The van der Waals surface area contributed by atoms with E-state index in [1.165, 1.54) is 6.42 Å². The summed E-state index contributed by atoms with van der Waals surface area (Å²) in [5.74, 6) is 0.980. The number of anilines is 1. The zero-order chi connectivity index (χ0) is 11.5. The highest BCUT2D eigenvalue weighted by Gasteiger charge is 2.26. The van der Waals surface area contributed by atoms with Gasteiger partial charge in [-0.15, -0.1) is 0 Å². The molecule has 0 amide bonds. The van der Waals surface area contributed by atoms with Gasteiger partial charge in [0.1, 0.15) is 0 Å². The number of nitrogens with two attached hydrogens (primary N) is 1. The van der Waals surface area contributed by atoms with Crippen LogP contribution in [0.5, 0.6) is 0 Å². The summed E-state index contributed by atoms with van der Waals surface area (Å²) in [6, 6.07) is 1.69. The summed E-state index contributed by atoms with van der Waals surface area (Å²) in [4.78, 5) is 16.2. The van der Waals surface area contributed by atoms with E-state index in [4.69, 9.17) is 5.73 Å². The molecule has 0 radical (unpaired) electrons. The van der Waals surface area contributed by atoms with Crippen LogP contribution in [0.15, 0.2) is 18.5 Å². The molecule has 2 rings (SSSR count). The van der Waals surface area contributed by atoms with Gasteiger partial charge < -0.3 is 5.73 Å². The second-order valence-electron chi connectivity index (χ2n) is 4.80. The SMILES string of the molecule is CC1CCCC(C(=O)c2cnccc2N)C1. The minimum absolute atomic E-state index is 0.148. The summed E-state index contributed by atoms with van der Waals surface area (Å²) < 4.78 is 0. The van der Waals surface area contributed by atoms with E-state index in [-0.39, 0.29) is 11.7 Å². The van der Waals surface area contributed by atoms with Crippen molar-refractivity contribution >= 4 is 11.5 Å². The van der Waals surface area contributed by atoms with E-state index in [0.29, 0.717) is 17.2 Å². The molecule has 1 fully saturated rings. The quantitative estimate of drug-likeness (QED) is 0.776. The van der Waals surface area contributed by atoms with Crippen molar-refractivity contribution in [1.29, 1.82) is 0 Å². The summed E-state index contributed by atoms with van der Waals surface area (Å²) in [7, 11) is 0. The van der Waals surface area contributed by atoms with Crippen molar-refractivity contribution in [2.24, 2.45) is 11.8 Å². The van der Waals surface area contributed by atoms with Crippen molar-refractivity contribution in [3.8, 4) is 0 Å². The largest absolute Gasteiger partial charge is 0.398 e. The first-order chi connectivity index (χ1) is 7.68. The minimum atomic E-state index is 0.148. The Bertz CT molecular complexity index is 389. The van der Waals surface area contributed by atoms with Crippen LogP contribution >= 0.6 is 0 Å². The fourth-order valence-corrected chi connectivity index (χ4v) is 2.50. The Morgan fingerprint density at radius 3 is 3.00 bits per heavy atom. The first kappa shape index (κ1) is 11.1. The Labute approximate surface area is 96.1 Å². The smallest absolute Gasteiger partial charge is 0.169 e. The van der Waals surface area contributed by atoms with Crippen LogP contribution in [0.1, 0.15) is 43.0 Å². The maximum absolute atomic E-state index is 12.2. The van der Waals surface area contributed by atoms with Crippen molar-refractivity contribution in [2.45, 2.75) is 32.6 Å². The third kappa shape index (κ3) is 2.23. The van der Waals surface area contributed by atoms with Crippen LogP contribution in [-0.4, -0.2) is 10.8 Å². The number of pyridine rings is 1. The van der Waals surface area contributed by atoms with Crippen LogP contribution in [0.2, 0.25) is 0 Å². The Kier molecular flexibility index (Phi) is 3.22. The normalized spacial score (nSPS) is 25.3. The molecule has 0 spiro atoms. The lowest BCUT2D eigenvalue weighted by Crippen LogP contribution is -2.22. The number of nitrogens with zero attached hydrogens (tertiary/aromatic N) is 1. The van der Waals surface area contributed by atoms with Gasteiger partial charge in [0, 0.05) is 24.0 Å². The number of Topliss-reactive ketones (excluding diaryl/α,β-unsaturated/α-hetero) is 1. The first-order valence-corrected chi connectivity index (χ1v) is 5.92. The minimum Gasteiger partial charge on any atom is -0.398 e. The van der Waals surface area contributed by atoms with Crippen LogP contribution in [-0.2, 0) is 0 Å². The highest BCUT2D eigenvalue weighted by atomic mass is 16.1. The molecule has 3 heteroatoms. The van der Waals surface area contributed by atoms with E-state index >= 15 is 0 Å². The Morgan fingerprint density at radius 1 is 1.50 bits per heavy atom. The zero-order valence-electron chi connectivity index (χ0n) is 9.65.